The molecule has 156 valence electrons. The van der Waals surface area contributed by atoms with E-state index in [0.29, 0.717) is 16.3 Å². The van der Waals surface area contributed by atoms with E-state index >= 15 is 0 Å². The van der Waals surface area contributed by atoms with Gasteiger partial charge < -0.3 is 14.6 Å². The Morgan fingerprint density at radius 1 is 1.00 bits per heavy atom. The smallest absolute Gasteiger partial charge is 0.331 e. The molecule has 0 bridgehead atoms. The van der Waals surface area contributed by atoms with Gasteiger partial charge in [-0.25, -0.2) is 4.79 Å². The van der Waals surface area contributed by atoms with Crippen molar-refractivity contribution in [3.8, 4) is 0 Å². The summed E-state index contributed by atoms with van der Waals surface area (Å²) in [6.45, 7) is 2.59. The number of hydrogen-bond donors (Lipinski definition) is 1. The van der Waals surface area contributed by atoms with Crippen molar-refractivity contribution in [2.24, 2.45) is 0 Å². The first-order valence-corrected chi connectivity index (χ1v) is 10.3. The molecule has 0 saturated heterocycles. The summed E-state index contributed by atoms with van der Waals surface area (Å²) in [5.41, 5.74) is 3.62. The minimum atomic E-state index is -0.614. The lowest BCUT2D eigenvalue weighted by Gasteiger charge is -2.07. The fourth-order valence-corrected chi connectivity index (χ4v) is 3.82. The number of benzene rings is 3. The van der Waals surface area contributed by atoms with Crippen molar-refractivity contribution in [1.82, 2.24) is 4.57 Å². The number of rotatable bonds is 6. The number of anilines is 1. The number of aromatic nitrogens is 1. The minimum Gasteiger partial charge on any atom is -0.452 e. The maximum absolute atomic E-state index is 12.3. The molecule has 1 aromatic heterocycles. The van der Waals surface area contributed by atoms with E-state index in [0.717, 1.165) is 28.4 Å². The molecule has 6 heteroatoms. The Bertz CT molecular complexity index is 1310. The molecule has 1 N–H and O–H groups in total. The van der Waals surface area contributed by atoms with Gasteiger partial charge in [-0.15, -0.1) is 0 Å². The topological polar surface area (TPSA) is 60.3 Å². The van der Waals surface area contributed by atoms with E-state index < -0.39 is 11.9 Å². The number of aryl methyl sites for hydroxylation is 1. The third-order valence-electron chi connectivity index (χ3n) is 5.02. The van der Waals surface area contributed by atoms with Gasteiger partial charge in [-0.1, -0.05) is 48.0 Å². The van der Waals surface area contributed by atoms with Crippen molar-refractivity contribution >= 4 is 57.0 Å². The van der Waals surface area contributed by atoms with Crippen molar-refractivity contribution in [2.75, 3.05) is 11.9 Å². The standard InChI is InChI=1S/C25H21ClN2O3/c1-2-28-22-10-6-4-8-19(22)20-15-18(12-13-23(20)28)27-24(29)16-31-25(30)14-11-17-7-3-5-9-21(17)26/h3-15H,2,16H2,1H3,(H,27,29)/b14-11+. The van der Waals surface area contributed by atoms with Crippen LogP contribution in [0.25, 0.3) is 27.9 Å². The van der Waals surface area contributed by atoms with Crippen LogP contribution in [0.3, 0.4) is 0 Å². The summed E-state index contributed by atoms with van der Waals surface area (Å²) in [4.78, 5) is 24.2. The highest BCUT2D eigenvalue weighted by atomic mass is 35.5. The maximum atomic E-state index is 12.3. The molecule has 0 aliphatic rings. The Morgan fingerprint density at radius 2 is 1.74 bits per heavy atom. The Hall–Kier alpha value is -3.57. The summed E-state index contributed by atoms with van der Waals surface area (Å²) < 4.78 is 7.27. The zero-order valence-corrected chi connectivity index (χ0v) is 17.7. The van der Waals surface area contributed by atoms with E-state index in [1.165, 1.54) is 6.08 Å². The van der Waals surface area contributed by atoms with E-state index in [9.17, 15) is 9.59 Å². The predicted octanol–water partition coefficient (Wildman–Crippen LogP) is 5.66. The average molecular weight is 433 g/mol. The van der Waals surface area contributed by atoms with Crippen molar-refractivity contribution in [3.05, 3.63) is 83.4 Å². The molecule has 1 heterocycles. The van der Waals surface area contributed by atoms with Crippen LogP contribution in [0, 0.1) is 0 Å². The Kier molecular flexibility index (Phi) is 6.05. The Morgan fingerprint density at radius 3 is 2.55 bits per heavy atom. The van der Waals surface area contributed by atoms with E-state index in [-0.39, 0.29) is 6.61 Å². The molecule has 0 fully saturated rings. The molecule has 5 nitrogen and oxygen atoms in total. The van der Waals surface area contributed by atoms with Crippen LogP contribution < -0.4 is 5.32 Å². The summed E-state index contributed by atoms with van der Waals surface area (Å²) in [6, 6.07) is 21.1. The quantitative estimate of drug-likeness (QED) is 0.316. The molecule has 31 heavy (non-hydrogen) atoms. The molecule has 0 radical (unpaired) electrons. The lowest BCUT2D eigenvalue weighted by Crippen LogP contribution is -2.20. The summed E-state index contributed by atoms with van der Waals surface area (Å²) >= 11 is 6.05. The summed E-state index contributed by atoms with van der Waals surface area (Å²) in [7, 11) is 0. The SMILES string of the molecule is CCn1c2ccccc2c2cc(NC(=O)COC(=O)/C=C/c3ccccc3Cl)ccc21. The van der Waals surface area contributed by atoms with Crippen LogP contribution in [0.15, 0.2) is 72.8 Å². The second-order valence-corrected chi connectivity index (χ2v) is 7.41. The van der Waals surface area contributed by atoms with E-state index in [1.807, 2.05) is 36.4 Å². The Balaban J connectivity index is 1.42. The molecular formula is C25H21ClN2O3. The number of ether oxygens (including phenoxy) is 1. The van der Waals surface area contributed by atoms with E-state index in [1.54, 1.807) is 24.3 Å². The molecule has 4 rings (SSSR count). The number of halogens is 1. The van der Waals surface area contributed by atoms with Crippen molar-refractivity contribution in [3.63, 3.8) is 0 Å². The van der Waals surface area contributed by atoms with Gasteiger partial charge in [0, 0.05) is 45.1 Å². The molecular weight excluding hydrogens is 412 g/mol. The van der Waals surface area contributed by atoms with Crippen LogP contribution in [0.1, 0.15) is 12.5 Å². The number of nitrogens with one attached hydrogen (secondary N) is 1. The fourth-order valence-electron chi connectivity index (χ4n) is 3.62. The molecule has 3 aromatic carbocycles. The zero-order chi connectivity index (χ0) is 21.8. The Labute approximate surface area is 184 Å². The number of esters is 1. The normalized spacial score (nSPS) is 11.3. The van der Waals surface area contributed by atoms with Gasteiger partial charge in [0.1, 0.15) is 0 Å². The van der Waals surface area contributed by atoms with Gasteiger partial charge in [0.25, 0.3) is 5.91 Å². The van der Waals surface area contributed by atoms with Crippen LogP contribution in [0.4, 0.5) is 5.69 Å². The molecule has 0 aliphatic carbocycles. The number of nitrogens with zero attached hydrogens (tertiary/aromatic N) is 1. The fraction of sp³-hybridized carbons (Fsp3) is 0.120. The molecule has 0 unspecified atom stereocenters. The molecule has 0 spiro atoms. The average Bonchev–Trinajstić information content (AvgIpc) is 3.10. The highest BCUT2D eigenvalue weighted by Crippen LogP contribution is 2.30. The first-order valence-electron chi connectivity index (χ1n) is 9.97. The van der Waals surface area contributed by atoms with Crippen LogP contribution in [0.5, 0.6) is 0 Å². The predicted molar refractivity (Wildman–Crippen MR) is 125 cm³/mol. The van der Waals surface area contributed by atoms with E-state index in [2.05, 4.69) is 28.9 Å². The summed E-state index contributed by atoms with van der Waals surface area (Å²) in [5, 5.41) is 5.52. The van der Waals surface area contributed by atoms with Crippen molar-refractivity contribution < 1.29 is 14.3 Å². The van der Waals surface area contributed by atoms with Gasteiger partial charge in [0.05, 0.1) is 0 Å². The molecule has 1 amide bonds. The first-order chi connectivity index (χ1) is 15.1. The lowest BCUT2D eigenvalue weighted by atomic mass is 10.1. The van der Waals surface area contributed by atoms with Gasteiger partial charge in [0.2, 0.25) is 0 Å². The van der Waals surface area contributed by atoms with Crippen LogP contribution >= 0.6 is 11.6 Å². The number of hydrogen-bond acceptors (Lipinski definition) is 3. The largest absolute Gasteiger partial charge is 0.452 e. The van der Waals surface area contributed by atoms with Gasteiger partial charge in [-0.2, -0.15) is 0 Å². The lowest BCUT2D eigenvalue weighted by molar-refractivity contribution is -0.142. The third kappa shape index (κ3) is 4.47. The van der Waals surface area contributed by atoms with Crippen LogP contribution in [-0.4, -0.2) is 23.1 Å². The molecule has 0 aliphatic heterocycles. The number of carbonyl (C=O) groups excluding carboxylic acids is 2. The second-order valence-electron chi connectivity index (χ2n) is 7.00. The first kappa shape index (κ1) is 20.7. The summed E-state index contributed by atoms with van der Waals surface area (Å²) in [6.07, 6.45) is 2.81. The molecule has 4 aromatic rings. The number of fused-ring (bicyclic) bond motifs is 3. The summed E-state index contributed by atoms with van der Waals surface area (Å²) in [5.74, 6) is -1.02. The highest BCUT2D eigenvalue weighted by molar-refractivity contribution is 6.32. The van der Waals surface area contributed by atoms with Crippen molar-refractivity contribution in [1.29, 1.82) is 0 Å². The number of amides is 1. The number of para-hydroxylation sites is 1. The van der Waals surface area contributed by atoms with Gasteiger partial charge >= 0.3 is 5.97 Å². The molecule has 0 saturated carbocycles. The van der Waals surface area contributed by atoms with Crippen LogP contribution in [-0.2, 0) is 20.9 Å². The van der Waals surface area contributed by atoms with Gasteiger partial charge in [-0.3, -0.25) is 4.79 Å². The third-order valence-corrected chi connectivity index (χ3v) is 5.37. The van der Waals surface area contributed by atoms with E-state index in [4.69, 9.17) is 16.3 Å². The highest BCUT2D eigenvalue weighted by Gasteiger charge is 2.11. The zero-order valence-electron chi connectivity index (χ0n) is 17.0. The maximum Gasteiger partial charge on any atom is 0.331 e. The van der Waals surface area contributed by atoms with Gasteiger partial charge in [-0.05, 0) is 48.9 Å². The van der Waals surface area contributed by atoms with Crippen LogP contribution in [0.2, 0.25) is 5.02 Å². The second kappa shape index (κ2) is 9.06. The molecule has 0 atom stereocenters. The van der Waals surface area contributed by atoms with Gasteiger partial charge in [0.15, 0.2) is 6.61 Å². The minimum absolute atomic E-state index is 0.375. The van der Waals surface area contributed by atoms with Crippen molar-refractivity contribution in [2.45, 2.75) is 13.5 Å². The number of carbonyl (C=O) groups is 2. The monoisotopic (exact) mass is 432 g/mol.